The third-order valence-corrected chi connectivity index (χ3v) is 6.27. The Balaban J connectivity index is 1.70. The highest BCUT2D eigenvalue weighted by atomic mass is 19.4. The smallest absolute Gasteiger partial charge is 0.415 e. The summed E-state index contributed by atoms with van der Waals surface area (Å²) in [6.07, 6.45) is -4.98. The minimum absolute atomic E-state index is 0.0639. The van der Waals surface area contributed by atoms with Crippen molar-refractivity contribution in [1.82, 2.24) is 14.9 Å². The fourth-order valence-corrected chi connectivity index (χ4v) is 4.35. The predicted octanol–water partition coefficient (Wildman–Crippen LogP) is 4.22. The molecule has 1 aromatic carbocycles. The van der Waals surface area contributed by atoms with Crippen molar-refractivity contribution < 1.29 is 40.7 Å². The normalized spacial score (nSPS) is 18.6. The number of nitrogens with zero attached hydrogens (tertiary/aromatic N) is 3. The molecule has 0 bridgehead atoms. The highest BCUT2D eigenvalue weighted by Gasteiger charge is 2.50. The molecule has 0 radical (unpaired) electrons. The Morgan fingerprint density at radius 1 is 1.13 bits per heavy atom. The van der Waals surface area contributed by atoms with Gasteiger partial charge in [0.15, 0.2) is 17.3 Å². The number of pyridine rings is 2. The van der Waals surface area contributed by atoms with E-state index in [0.29, 0.717) is 22.9 Å². The van der Waals surface area contributed by atoms with Gasteiger partial charge in [-0.3, -0.25) is 19.1 Å². The number of amides is 2. The van der Waals surface area contributed by atoms with Gasteiger partial charge in [-0.25, -0.2) is 22.9 Å². The number of hydrogen-bond acceptors (Lipinski definition) is 5. The number of ether oxygens (including phenoxy) is 1. The van der Waals surface area contributed by atoms with Gasteiger partial charge in [0.1, 0.15) is 35.0 Å². The second-order valence-electron chi connectivity index (χ2n) is 9.14. The molecule has 2 unspecified atom stereocenters. The van der Waals surface area contributed by atoms with Gasteiger partial charge in [-0.05, 0) is 37.8 Å². The Kier molecular flexibility index (Phi) is 6.07. The Bertz CT molecular complexity index is 1510. The highest BCUT2D eigenvalue weighted by molar-refractivity contribution is 5.98. The molecule has 3 heterocycles. The summed E-state index contributed by atoms with van der Waals surface area (Å²) in [6, 6.07) is 0.804. The lowest BCUT2D eigenvalue weighted by molar-refractivity contribution is -0.158. The number of halogens is 6. The van der Waals surface area contributed by atoms with Crippen LogP contribution in [0.1, 0.15) is 30.1 Å². The zero-order chi connectivity index (χ0) is 27.5. The van der Waals surface area contributed by atoms with Gasteiger partial charge in [0.2, 0.25) is 5.43 Å². The third-order valence-electron chi connectivity index (χ3n) is 6.27. The van der Waals surface area contributed by atoms with Crippen LogP contribution in [-0.4, -0.2) is 46.4 Å². The topological polar surface area (TPSA) is 93.5 Å². The quantitative estimate of drug-likeness (QED) is 0.490. The van der Waals surface area contributed by atoms with Crippen LogP contribution in [0, 0.1) is 23.4 Å². The van der Waals surface area contributed by atoms with Crippen LogP contribution < -0.4 is 15.6 Å². The number of anilines is 1. The Hall–Kier alpha value is -4.10. The van der Waals surface area contributed by atoms with E-state index in [4.69, 9.17) is 4.74 Å². The van der Waals surface area contributed by atoms with Gasteiger partial charge < -0.3 is 10.1 Å². The maximum absolute atomic E-state index is 14.8. The standard InChI is InChI=1S/C24H18F6N4O4/c1-10-8-33(23(37)38-10)17-5-4-13-19(35)14(22(36)32-20(11-2-3-11)24(28,29)30)9-34(21(13)31-17)18-15(26)6-12(25)7-16(18)27/h4-7,9-11,20H,2-3,8H2,1H3,(H,32,36). The largest absolute Gasteiger partial charge is 0.444 e. The number of benzene rings is 1. The lowest BCUT2D eigenvalue weighted by atomic mass is 10.1. The highest BCUT2D eigenvalue weighted by Crippen LogP contribution is 2.40. The molecule has 8 nitrogen and oxygen atoms in total. The molecule has 1 saturated heterocycles. The average molecular weight is 540 g/mol. The first-order chi connectivity index (χ1) is 17.8. The van der Waals surface area contributed by atoms with Gasteiger partial charge in [0, 0.05) is 18.3 Å². The molecule has 5 rings (SSSR count). The summed E-state index contributed by atoms with van der Waals surface area (Å²) in [6.45, 7) is 1.68. The van der Waals surface area contributed by atoms with Crippen molar-refractivity contribution in [3.8, 4) is 5.69 Å². The first-order valence-corrected chi connectivity index (χ1v) is 11.4. The van der Waals surface area contributed by atoms with E-state index in [1.807, 2.05) is 5.32 Å². The molecule has 0 spiro atoms. The second-order valence-corrected chi connectivity index (χ2v) is 9.14. The second kappa shape index (κ2) is 9.03. The lowest BCUT2D eigenvalue weighted by Gasteiger charge is -2.22. The molecule has 3 aromatic rings. The van der Waals surface area contributed by atoms with Gasteiger partial charge in [0.05, 0.1) is 11.9 Å². The third kappa shape index (κ3) is 4.54. The van der Waals surface area contributed by atoms with Gasteiger partial charge in [0.25, 0.3) is 5.91 Å². The zero-order valence-corrected chi connectivity index (χ0v) is 19.5. The van der Waals surface area contributed by atoms with E-state index in [1.165, 1.54) is 6.07 Å². The fourth-order valence-electron chi connectivity index (χ4n) is 4.35. The number of cyclic esters (lactones) is 1. The zero-order valence-electron chi connectivity index (χ0n) is 19.5. The molecule has 1 N–H and O–H groups in total. The summed E-state index contributed by atoms with van der Waals surface area (Å²) in [7, 11) is 0. The van der Waals surface area contributed by atoms with Crippen LogP contribution in [0.4, 0.5) is 37.0 Å². The van der Waals surface area contributed by atoms with E-state index >= 15 is 0 Å². The number of hydrogen-bond donors (Lipinski definition) is 1. The monoisotopic (exact) mass is 540 g/mol. The van der Waals surface area contributed by atoms with E-state index in [9.17, 15) is 40.7 Å². The SMILES string of the molecule is CC1CN(c2ccc3c(=O)c(C(=O)NC(C4CC4)C(F)(F)F)cn(-c4c(F)cc(F)cc4F)c3n2)C(=O)O1. The minimum atomic E-state index is -4.79. The molecule has 38 heavy (non-hydrogen) atoms. The summed E-state index contributed by atoms with van der Waals surface area (Å²) in [5, 5.41) is 1.42. The van der Waals surface area contributed by atoms with Gasteiger partial charge in [-0.2, -0.15) is 13.2 Å². The summed E-state index contributed by atoms with van der Waals surface area (Å²) in [5.74, 6) is -6.47. The molecule has 200 valence electrons. The predicted molar refractivity (Wildman–Crippen MR) is 121 cm³/mol. The van der Waals surface area contributed by atoms with Crippen LogP contribution >= 0.6 is 0 Å². The summed E-state index contributed by atoms with van der Waals surface area (Å²) < 4.78 is 89.4. The fraction of sp³-hybridized carbons (Fsp3) is 0.333. The van der Waals surface area contributed by atoms with Crippen molar-refractivity contribution in [2.45, 2.75) is 38.1 Å². The van der Waals surface area contributed by atoms with E-state index in [2.05, 4.69) is 4.98 Å². The van der Waals surface area contributed by atoms with Crippen molar-refractivity contribution in [3.05, 3.63) is 63.7 Å². The molecule has 2 aromatic heterocycles. The van der Waals surface area contributed by atoms with E-state index in [0.717, 1.165) is 11.0 Å². The number of fused-ring (bicyclic) bond motifs is 1. The van der Waals surface area contributed by atoms with Crippen molar-refractivity contribution in [2.75, 3.05) is 11.4 Å². The van der Waals surface area contributed by atoms with Crippen LogP contribution in [-0.2, 0) is 4.74 Å². The molecular weight excluding hydrogens is 522 g/mol. The molecule has 1 aliphatic carbocycles. The van der Waals surface area contributed by atoms with E-state index in [1.54, 1.807) is 6.92 Å². The van der Waals surface area contributed by atoms with Crippen molar-refractivity contribution in [1.29, 1.82) is 0 Å². The summed E-state index contributed by atoms with van der Waals surface area (Å²) >= 11 is 0. The van der Waals surface area contributed by atoms with E-state index < -0.39 is 76.0 Å². The van der Waals surface area contributed by atoms with Crippen molar-refractivity contribution in [3.63, 3.8) is 0 Å². The molecule has 1 aliphatic heterocycles. The summed E-state index contributed by atoms with van der Waals surface area (Å²) in [5.41, 5.74) is -3.29. The molecule has 2 atom stereocenters. The number of nitrogens with one attached hydrogen (secondary N) is 1. The number of carbonyl (C=O) groups excluding carboxylic acids is 2. The number of alkyl halides is 3. The van der Waals surface area contributed by atoms with Crippen LogP contribution in [0.15, 0.2) is 35.3 Å². The average Bonchev–Trinajstić information content (AvgIpc) is 3.59. The lowest BCUT2D eigenvalue weighted by Crippen LogP contribution is -2.48. The van der Waals surface area contributed by atoms with Crippen LogP contribution in [0.2, 0.25) is 0 Å². The molecular formula is C24H18F6N4O4. The Morgan fingerprint density at radius 2 is 1.79 bits per heavy atom. The van der Waals surface area contributed by atoms with Gasteiger partial charge >= 0.3 is 12.3 Å². The molecule has 1 saturated carbocycles. The first-order valence-electron chi connectivity index (χ1n) is 11.4. The maximum atomic E-state index is 14.8. The summed E-state index contributed by atoms with van der Waals surface area (Å²) in [4.78, 5) is 43.5. The van der Waals surface area contributed by atoms with Crippen LogP contribution in [0.25, 0.3) is 16.7 Å². The van der Waals surface area contributed by atoms with E-state index in [-0.39, 0.29) is 30.6 Å². The van der Waals surface area contributed by atoms with Gasteiger partial charge in [-0.15, -0.1) is 0 Å². The maximum Gasteiger partial charge on any atom is 0.415 e. The Morgan fingerprint density at radius 3 is 2.34 bits per heavy atom. The van der Waals surface area contributed by atoms with Crippen LogP contribution in [0.3, 0.4) is 0 Å². The number of aromatic nitrogens is 2. The van der Waals surface area contributed by atoms with Gasteiger partial charge in [-0.1, -0.05) is 0 Å². The Labute approximate surface area is 209 Å². The van der Waals surface area contributed by atoms with Crippen molar-refractivity contribution in [2.24, 2.45) is 5.92 Å². The van der Waals surface area contributed by atoms with Crippen LogP contribution in [0.5, 0.6) is 0 Å². The first kappa shape index (κ1) is 25.5. The molecule has 2 amide bonds. The molecule has 2 fully saturated rings. The number of rotatable bonds is 5. The molecule has 2 aliphatic rings. The minimum Gasteiger partial charge on any atom is -0.444 e. The van der Waals surface area contributed by atoms with Crippen molar-refractivity contribution >= 4 is 28.9 Å². The number of carbonyl (C=O) groups is 2. The molecule has 14 heteroatoms.